The normalized spacial score (nSPS) is 10.6. The maximum absolute atomic E-state index is 13.1. The summed E-state index contributed by atoms with van der Waals surface area (Å²) in [5, 5.41) is 11.6. The molecular formula is C19H18FN5O2S. The van der Waals surface area contributed by atoms with Crippen molar-refractivity contribution in [3.05, 3.63) is 59.9 Å². The van der Waals surface area contributed by atoms with Crippen LogP contribution >= 0.6 is 11.8 Å². The van der Waals surface area contributed by atoms with Crippen molar-refractivity contribution in [1.29, 1.82) is 0 Å². The minimum atomic E-state index is -0.613. The molecule has 0 saturated heterocycles. The Kier molecular flexibility index (Phi) is 6.05. The molecule has 0 fully saturated rings. The number of hydrogen-bond acceptors (Lipinski definition) is 5. The van der Waals surface area contributed by atoms with Crippen LogP contribution in [-0.4, -0.2) is 32.3 Å². The van der Waals surface area contributed by atoms with Gasteiger partial charge in [-0.1, -0.05) is 23.9 Å². The number of rotatable bonds is 7. The van der Waals surface area contributed by atoms with Gasteiger partial charge in [-0.3, -0.25) is 9.59 Å². The SMILES string of the molecule is CCn1c(SCC(=O)Nc2ccccc2C(N)=O)nnc1-c1ccc(F)cc1. The molecule has 0 spiro atoms. The van der Waals surface area contributed by atoms with Gasteiger partial charge < -0.3 is 15.6 Å². The molecule has 0 bridgehead atoms. The molecule has 0 saturated carbocycles. The highest BCUT2D eigenvalue weighted by Crippen LogP contribution is 2.24. The fourth-order valence-corrected chi connectivity index (χ4v) is 3.42. The van der Waals surface area contributed by atoms with E-state index in [1.807, 2.05) is 11.5 Å². The predicted molar refractivity (Wildman–Crippen MR) is 105 cm³/mol. The van der Waals surface area contributed by atoms with Crippen LogP contribution in [0.15, 0.2) is 53.7 Å². The second kappa shape index (κ2) is 8.66. The lowest BCUT2D eigenvalue weighted by molar-refractivity contribution is -0.113. The zero-order valence-corrected chi connectivity index (χ0v) is 15.9. The fraction of sp³-hybridized carbons (Fsp3) is 0.158. The second-order valence-electron chi connectivity index (χ2n) is 5.80. The van der Waals surface area contributed by atoms with Crippen molar-refractivity contribution < 1.29 is 14.0 Å². The van der Waals surface area contributed by atoms with Crippen LogP contribution in [0.2, 0.25) is 0 Å². The molecule has 3 N–H and O–H groups in total. The number of carbonyl (C=O) groups excluding carboxylic acids is 2. The average Bonchev–Trinajstić information content (AvgIpc) is 3.10. The van der Waals surface area contributed by atoms with Crippen molar-refractivity contribution in [1.82, 2.24) is 14.8 Å². The van der Waals surface area contributed by atoms with E-state index in [1.54, 1.807) is 36.4 Å². The van der Waals surface area contributed by atoms with Gasteiger partial charge in [-0.05, 0) is 43.3 Å². The minimum absolute atomic E-state index is 0.0780. The maximum Gasteiger partial charge on any atom is 0.250 e. The molecule has 0 aliphatic rings. The molecular weight excluding hydrogens is 381 g/mol. The van der Waals surface area contributed by atoms with E-state index < -0.39 is 5.91 Å². The molecule has 9 heteroatoms. The number of carbonyl (C=O) groups is 2. The molecule has 1 aromatic heterocycles. The third kappa shape index (κ3) is 4.37. The van der Waals surface area contributed by atoms with Crippen LogP contribution in [0, 0.1) is 5.82 Å². The van der Waals surface area contributed by atoms with Crippen molar-refractivity contribution in [2.75, 3.05) is 11.1 Å². The van der Waals surface area contributed by atoms with Gasteiger partial charge in [0.2, 0.25) is 5.91 Å². The van der Waals surface area contributed by atoms with Crippen LogP contribution < -0.4 is 11.1 Å². The monoisotopic (exact) mass is 399 g/mol. The Labute approximate surface area is 165 Å². The summed E-state index contributed by atoms with van der Waals surface area (Å²) < 4.78 is 15.0. The Hall–Kier alpha value is -3.20. The number of para-hydroxylation sites is 1. The van der Waals surface area contributed by atoms with Crippen molar-refractivity contribution in [3.8, 4) is 11.4 Å². The Morgan fingerprint density at radius 2 is 1.86 bits per heavy atom. The van der Waals surface area contributed by atoms with E-state index in [-0.39, 0.29) is 23.0 Å². The van der Waals surface area contributed by atoms with Crippen LogP contribution in [0.25, 0.3) is 11.4 Å². The van der Waals surface area contributed by atoms with Crippen LogP contribution in [-0.2, 0) is 11.3 Å². The first-order valence-corrected chi connectivity index (χ1v) is 9.48. The summed E-state index contributed by atoms with van der Waals surface area (Å²) in [5.74, 6) is -0.557. The Balaban J connectivity index is 1.70. The van der Waals surface area contributed by atoms with Gasteiger partial charge in [-0.25, -0.2) is 4.39 Å². The van der Waals surface area contributed by atoms with Crippen molar-refractivity contribution in [2.24, 2.45) is 5.73 Å². The smallest absolute Gasteiger partial charge is 0.250 e. The van der Waals surface area contributed by atoms with Crippen molar-refractivity contribution in [2.45, 2.75) is 18.6 Å². The van der Waals surface area contributed by atoms with Crippen LogP contribution in [0.1, 0.15) is 17.3 Å². The lowest BCUT2D eigenvalue weighted by atomic mass is 10.1. The molecule has 0 aliphatic carbocycles. The molecule has 3 rings (SSSR count). The van der Waals surface area contributed by atoms with Crippen LogP contribution in [0.3, 0.4) is 0 Å². The molecule has 0 unspecified atom stereocenters. The number of thioether (sulfide) groups is 1. The minimum Gasteiger partial charge on any atom is -0.366 e. The van der Waals surface area contributed by atoms with E-state index in [1.165, 1.54) is 23.9 Å². The Bertz CT molecular complexity index is 1000. The standard InChI is InChI=1S/C19H18FN5O2S/c1-2-25-18(12-7-9-13(20)10-8-12)23-24-19(25)28-11-16(26)22-15-6-4-3-5-14(15)17(21)27/h3-10H,2,11H2,1H3,(H2,21,27)(H,22,26). The van der Waals surface area contributed by atoms with Crippen LogP contribution in [0.4, 0.5) is 10.1 Å². The number of benzene rings is 2. The van der Waals surface area contributed by atoms with E-state index in [0.29, 0.717) is 23.2 Å². The molecule has 144 valence electrons. The van der Waals surface area contributed by atoms with Crippen molar-refractivity contribution in [3.63, 3.8) is 0 Å². The highest BCUT2D eigenvalue weighted by molar-refractivity contribution is 7.99. The molecule has 0 radical (unpaired) electrons. The molecule has 0 aliphatic heterocycles. The summed E-state index contributed by atoms with van der Waals surface area (Å²) in [4.78, 5) is 23.7. The zero-order chi connectivity index (χ0) is 20.1. The number of nitrogens with one attached hydrogen (secondary N) is 1. The number of amides is 2. The number of nitrogens with zero attached hydrogens (tertiary/aromatic N) is 3. The Morgan fingerprint density at radius 1 is 1.14 bits per heavy atom. The molecule has 1 heterocycles. The number of halogens is 1. The summed E-state index contributed by atoms with van der Waals surface area (Å²) in [6.45, 7) is 2.53. The molecule has 28 heavy (non-hydrogen) atoms. The molecule has 0 atom stereocenters. The van der Waals surface area contributed by atoms with Crippen molar-refractivity contribution >= 4 is 29.3 Å². The Morgan fingerprint density at radius 3 is 2.54 bits per heavy atom. The maximum atomic E-state index is 13.1. The number of anilines is 1. The summed E-state index contributed by atoms with van der Waals surface area (Å²) in [7, 11) is 0. The zero-order valence-electron chi connectivity index (χ0n) is 15.1. The van der Waals surface area contributed by atoms with Gasteiger partial charge >= 0.3 is 0 Å². The molecule has 2 amide bonds. The van der Waals surface area contributed by atoms with E-state index in [4.69, 9.17) is 5.73 Å². The third-order valence-electron chi connectivity index (χ3n) is 3.93. The van der Waals surface area contributed by atoms with E-state index in [9.17, 15) is 14.0 Å². The summed E-state index contributed by atoms with van der Waals surface area (Å²) in [6, 6.07) is 12.5. The highest BCUT2D eigenvalue weighted by atomic mass is 32.2. The predicted octanol–water partition coefficient (Wildman–Crippen LogP) is 2.93. The summed E-state index contributed by atoms with van der Waals surface area (Å²) >= 11 is 1.22. The van der Waals surface area contributed by atoms with Gasteiger partial charge in [0.1, 0.15) is 5.82 Å². The molecule has 7 nitrogen and oxygen atoms in total. The number of primary amides is 1. The topological polar surface area (TPSA) is 103 Å². The fourth-order valence-electron chi connectivity index (χ4n) is 2.62. The van der Waals surface area contributed by atoms with Gasteiger partial charge in [0.05, 0.1) is 17.0 Å². The third-order valence-corrected chi connectivity index (χ3v) is 4.90. The first-order chi connectivity index (χ1) is 13.5. The number of hydrogen-bond donors (Lipinski definition) is 2. The van der Waals surface area contributed by atoms with Gasteiger partial charge in [0.15, 0.2) is 11.0 Å². The number of aromatic nitrogens is 3. The first-order valence-electron chi connectivity index (χ1n) is 8.50. The molecule has 2 aromatic carbocycles. The summed E-state index contributed by atoms with van der Waals surface area (Å²) in [6.07, 6.45) is 0. The highest BCUT2D eigenvalue weighted by Gasteiger charge is 2.16. The van der Waals surface area contributed by atoms with Gasteiger partial charge in [-0.2, -0.15) is 0 Å². The lowest BCUT2D eigenvalue weighted by Gasteiger charge is -2.09. The second-order valence-corrected chi connectivity index (χ2v) is 6.75. The summed E-state index contributed by atoms with van der Waals surface area (Å²) in [5.41, 5.74) is 6.67. The van der Waals surface area contributed by atoms with Gasteiger partial charge in [0, 0.05) is 12.1 Å². The quantitative estimate of drug-likeness (QED) is 0.595. The van der Waals surface area contributed by atoms with E-state index in [0.717, 1.165) is 5.56 Å². The van der Waals surface area contributed by atoms with Crippen LogP contribution in [0.5, 0.6) is 0 Å². The van der Waals surface area contributed by atoms with Gasteiger partial charge in [-0.15, -0.1) is 10.2 Å². The van der Waals surface area contributed by atoms with Gasteiger partial charge in [0.25, 0.3) is 5.91 Å². The van der Waals surface area contributed by atoms with E-state index >= 15 is 0 Å². The molecule has 3 aromatic rings. The first kappa shape index (κ1) is 19.6. The largest absolute Gasteiger partial charge is 0.366 e. The van der Waals surface area contributed by atoms with E-state index in [2.05, 4.69) is 15.5 Å². The number of nitrogens with two attached hydrogens (primary N) is 1. The lowest BCUT2D eigenvalue weighted by Crippen LogP contribution is -2.19. The average molecular weight is 399 g/mol.